The number of rotatable bonds is 5. The van der Waals surface area contributed by atoms with Gasteiger partial charge in [-0.15, -0.1) is 0 Å². The summed E-state index contributed by atoms with van der Waals surface area (Å²) in [5.74, 6) is 1.84. The molecule has 1 saturated heterocycles. The first-order valence-electron chi connectivity index (χ1n) is 9.81. The predicted molar refractivity (Wildman–Crippen MR) is 113 cm³/mol. The van der Waals surface area contributed by atoms with Crippen molar-refractivity contribution in [2.45, 2.75) is 56.9 Å². The lowest BCUT2D eigenvalue weighted by Gasteiger charge is -2.31. The Morgan fingerprint density at radius 3 is 2.32 bits per heavy atom. The van der Waals surface area contributed by atoms with Gasteiger partial charge in [0.15, 0.2) is 14.9 Å². The molecule has 2 aromatic rings. The standard InChI is InChI=1S/C21H30N4O2S/c1-16-9-11-25(12-10-16)19-7-5-17(14-23-19)13-22-18-6-8-20(24-15-18)28(26,27)21(2,3)4/h5-8,14-16,22H,9-13H2,1-4H3. The van der Waals surface area contributed by atoms with Gasteiger partial charge in [-0.05, 0) is 63.3 Å². The number of piperidine rings is 1. The van der Waals surface area contributed by atoms with Gasteiger partial charge in [-0.1, -0.05) is 13.0 Å². The van der Waals surface area contributed by atoms with Crippen LogP contribution in [0.15, 0.2) is 41.7 Å². The van der Waals surface area contributed by atoms with Crippen molar-refractivity contribution in [3.05, 3.63) is 42.2 Å². The molecule has 3 heterocycles. The lowest BCUT2D eigenvalue weighted by atomic mass is 9.99. The number of anilines is 2. The van der Waals surface area contributed by atoms with Crippen LogP contribution in [0.1, 0.15) is 46.1 Å². The minimum absolute atomic E-state index is 0.104. The lowest BCUT2D eigenvalue weighted by molar-refractivity contribution is 0.436. The number of hydrogen-bond acceptors (Lipinski definition) is 6. The smallest absolute Gasteiger partial charge is 0.200 e. The van der Waals surface area contributed by atoms with Gasteiger partial charge in [0, 0.05) is 25.8 Å². The summed E-state index contributed by atoms with van der Waals surface area (Å²) in [6.45, 7) is 10.1. The molecule has 1 aliphatic heterocycles. The summed E-state index contributed by atoms with van der Waals surface area (Å²) in [6, 6.07) is 7.47. The van der Waals surface area contributed by atoms with Gasteiger partial charge >= 0.3 is 0 Å². The molecule has 0 spiro atoms. The van der Waals surface area contributed by atoms with Crippen molar-refractivity contribution in [2.24, 2.45) is 5.92 Å². The Balaban J connectivity index is 1.58. The number of sulfone groups is 1. The Labute approximate surface area is 168 Å². The molecule has 3 rings (SSSR count). The van der Waals surface area contributed by atoms with E-state index in [0.717, 1.165) is 36.1 Å². The van der Waals surface area contributed by atoms with Gasteiger partial charge in [-0.3, -0.25) is 0 Å². The summed E-state index contributed by atoms with van der Waals surface area (Å²) in [6.07, 6.45) is 5.90. The Hall–Kier alpha value is -2.15. The fraction of sp³-hybridized carbons (Fsp3) is 0.524. The topological polar surface area (TPSA) is 75.2 Å². The molecule has 152 valence electrons. The summed E-state index contributed by atoms with van der Waals surface area (Å²) >= 11 is 0. The second-order valence-electron chi connectivity index (χ2n) is 8.55. The summed E-state index contributed by atoms with van der Waals surface area (Å²) < 4.78 is 24.0. The molecule has 7 heteroatoms. The highest BCUT2D eigenvalue weighted by Crippen LogP contribution is 2.24. The van der Waals surface area contributed by atoms with Gasteiger partial charge in [0.25, 0.3) is 0 Å². The minimum Gasteiger partial charge on any atom is -0.380 e. The van der Waals surface area contributed by atoms with Crippen molar-refractivity contribution in [2.75, 3.05) is 23.3 Å². The molecule has 0 amide bonds. The maximum atomic E-state index is 12.4. The highest BCUT2D eigenvalue weighted by molar-refractivity contribution is 7.92. The Morgan fingerprint density at radius 2 is 1.79 bits per heavy atom. The lowest BCUT2D eigenvalue weighted by Crippen LogP contribution is -2.33. The zero-order valence-electron chi connectivity index (χ0n) is 17.1. The maximum absolute atomic E-state index is 12.4. The summed E-state index contributed by atoms with van der Waals surface area (Å²) in [5, 5.41) is 3.38. The molecular formula is C21H30N4O2S. The normalized spacial score (nSPS) is 16.2. The first-order chi connectivity index (χ1) is 13.2. The summed E-state index contributed by atoms with van der Waals surface area (Å²) in [5.41, 5.74) is 1.85. The number of nitrogens with one attached hydrogen (secondary N) is 1. The van der Waals surface area contributed by atoms with Crippen LogP contribution >= 0.6 is 0 Å². The number of nitrogens with zero attached hydrogens (tertiary/aromatic N) is 3. The van der Waals surface area contributed by atoms with Crippen LogP contribution in [0.5, 0.6) is 0 Å². The van der Waals surface area contributed by atoms with Crippen LogP contribution in [-0.2, 0) is 16.4 Å². The van der Waals surface area contributed by atoms with E-state index in [1.807, 2.05) is 6.20 Å². The molecule has 28 heavy (non-hydrogen) atoms. The molecule has 1 fully saturated rings. The van der Waals surface area contributed by atoms with Gasteiger partial charge in [0.2, 0.25) is 0 Å². The van der Waals surface area contributed by atoms with Gasteiger partial charge < -0.3 is 10.2 Å². The molecule has 2 aromatic heterocycles. The van der Waals surface area contributed by atoms with E-state index in [1.54, 1.807) is 39.1 Å². The zero-order valence-corrected chi connectivity index (χ0v) is 18.0. The second-order valence-corrected chi connectivity index (χ2v) is 11.2. The highest BCUT2D eigenvalue weighted by atomic mass is 32.2. The zero-order chi connectivity index (χ0) is 20.4. The number of hydrogen-bond donors (Lipinski definition) is 1. The number of aromatic nitrogens is 2. The molecule has 1 aliphatic rings. The predicted octanol–water partition coefficient (Wildman–Crippen LogP) is 3.90. The molecule has 6 nitrogen and oxygen atoms in total. The van der Waals surface area contributed by atoms with E-state index in [9.17, 15) is 8.42 Å². The van der Waals surface area contributed by atoms with Crippen molar-refractivity contribution < 1.29 is 8.42 Å². The third-order valence-electron chi connectivity index (χ3n) is 5.23. The van der Waals surface area contributed by atoms with Gasteiger partial charge in [-0.2, -0.15) is 0 Å². The van der Waals surface area contributed by atoms with Crippen molar-refractivity contribution in [1.29, 1.82) is 0 Å². The largest absolute Gasteiger partial charge is 0.380 e. The molecule has 0 atom stereocenters. The number of pyridine rings is 2. The average molecular weight is 403 g/mol. The fourth-order valence-electron chi connectivity index (χ4n) is 3.11. The van der Waals surface area contributed by atoms with Crippen LogP contribution < -0.4 is 10.2 Å². The van der Waals surface area contributed by atoms with Crippen LogP contribution in [0.3, 0.4) is 0 Å². The molecule has 0 aliphatic carbocycles. The van der Waals surface area contributed by atoms with E-state index in [1.165, 1.54) is 12.8 Å². The fourth-order valence-corrected chi connectivity index (χ4v) is 4.17. The van der Waals surface area contributed by atoms with E-state index in [0.29, 0.717) is 6.54 Å². The Morgan fingerprint density at radius 1 is 1.07 bits per heavy atom. The van der Waals surface area contributed by atoms with Crippen molar-refractivity contribution in [3.8, 4) is 0 Å². The molecule has 0 unspecified atom stereocenters. The van der Waals surface area contributed by atoms with E-state index in [4.69, 9.17) is 0 Å². The summed E-state index contributed by atoms with van der Waals surface area (Å²) in [7, 11) is -3.43. The SMILES string of the molecule is CC1CCN(c2ccc(CNc3ccc(S(=O)(=O)C(C)(C)C)nc3)cn2)CC1. The quantitative estimate of drug-likeness (QED) is 0.818. The molecule has 1 N–H and O–H groups in total. The molecule has 0 aromatic carbocycles. The van der Waals surface area contributed by atoms with Crippen LogP contribution in [0.4, 0.5) is 11.5 Å². The molecule has 0 bridgehead atoms. The second kappa shape index (κ2) is 8.07. The van der Waals surface area contributed by atoms with Crippen LogP contribution in [-0.4, -0.2) is 36.2 Å². The highest BCUT2D eigenvalue weighted by Gasteiger charge is 2.31. The Bertz CT molecular complexity index is 879. The minimum atomic E-state index is -3.43. The first kappa shape index (κ1) is 20.6. The van der Waals surface area contributed by atoms with E-state index in [-0.39, 0.29) is 5.03 Å². The van der Waals surface area contributed by atoms with E-state index >= 15 is 0 Å². The van der Waals surface area contributed by atoms with Crippen LogP contribution in [0.25, 0.3) is 0 Å². The molecular weight excluding hydrogens is 372 g/mol. The van der Waals surface area contributed by atoms with Gasteiger partial charge in [0.05, 0.1) is 16.6 Å². The third kappa shape index (κ3) is 4.63. The van der Waals surface area contributed by atoms with Crippen LogP contribution in [0, 0.1) is 5.92 Å². The van der Waals surface area contributed by atoms with Crippen LogP contribution in [0.2, 0.25) is 0 Å². The Kier molecular flexibility index (Phi) is 5.93. The van der Waals surface area contributed by atoms with E-state index in [2.05, 4.69) is 39.2 Å². The summed E-state index contributed by atoms with van der Waals surface area (Å²) in [4.78, 5) is 11.1. The average Bonchev–Trinajstić information content (AvgIpc) is 2.67. The van der Waals surface area contributed by atoms with E-state index < -0.39 is 14.6 Å². The van der Waals surface area contributed by atoms with Gasteiger partial charge in [0.1, 0.15) is 5.82 Å². The maximum Gasteiger partial charge on any atom is 0.200 e. The van der Waals surface area contributed by atoms with Crippen molar-refractivity contribution in [3.63, 3.8) is 0 Å². The molecule has 0 radical (unpaired) electrons. The monoisotopic (exact) mass is 402 g/mol. The first-order valence-corrected chi connectivity index (χ1v) is 11.3. The van der Waals surface area contributed by atoms with Gasteiger partial charge in [-0.25, -0.2) is 18.4 Å². The molecule has 0 saturated carbocycles. The third-order valence-corrected chi connectivity index (χ3v) is 7.64. The van der Waals surface area contributed by atoms with Crippen molar-refractivity contribution in [1.82, 2.24) is 9.97 Å². The van der Waals surface area contributed by atoms with Crippen molar-refractivity contribution >= 4 is 21.3 Å².